The second-order valence-corrected chi connectivity index (χ2v) is 8.38. The predicted octanol–water partition coefficient (Wildman–Crippen LogP) is 3.73. The summed E-state index contributed by atoms with van der Waals surface area (Å²) in [5.74, 6) is 0.140. The van der Waals surface area contributed by atoms with Gasteiger partial charge in [0.25, 0.3) is 0 Å². The molecule has 6 nitrogen and oxygen atoms in total. The van der Waals surface area contributed by atoms with Crippen LogP contribution in [0.25, 0.3) is 0 Å². The van der Waals surface area contributed by atoms with Crippen molar-refractivity contribution < 1.29 is 9.59 Å². The van der Waals surface area contributed by atoms with E-state index < -0.39 is 0 Å². The molecule has 0 spiro atoms. The Balaban J connectivity index is 1.42. The Labute approximate surface area is 192 Å². The third-order valence-electron chi connectivity index (χ3n) is 5.92. The Morgan fingerprint density at radius 2 is 1.50 bits per heavy atom. The van der Waals surface area contributed by atoms with Gasteiger partial charge in [-0.05, 0) is 17.5 Å². The highest BCUT2D eigenvalue weighted by Gasteiger charge is 2.22. The van der Waals surface area contributed by atoms with Crippen LogP contribution in [0.2, 0.25) is 0 Å². The zero-order valence-electron chi connectivity index (χ0n) is 19.2. The van der Waals surface area contributed by atoms with Gasteiger partial charge in [-0.3, -0.25) is 9.69 Å². The second-order valence-electron chi connectivity index (χ2n) is 8.38. The average molecular weight is 437 g/mol. The van der Waals surface area contributed by atoms with Crippen LogP contribution in [0.15, 0.2) is 60.7 Å². The molecule has 3 rings (SSSR count). The van der Waals surface area contributed by atoms with Gasteiger partial charge in [0.2, 0.25) is 5.91 Å². The average Bonchev–Trinajstić information content (AvgIpc) is 2.84. The number of carbonyl (C=O) groups is 2. The quantitative estimate of drug-likeness (QED) is 0.617. The highest BCUT2D eigenvalue weighted by atomic mass is 16.2. The maximum atomic E-state index is 12.8. The third kappa shape index (κ3) is 7.68. The lowest BCUT2D eigenvalue weighted by Gasteiger charge is -2.35. The van der Waals surface area contributed by atoms with E-state index in [9.17, 15) is 9.59 Å². The molecule has 0 saturated carbocycles. The molecule has 32 heavy (non-hydrogen) atoms. The number of hydrogen-bond acceptors (Lipinski definition) is 3. The number of nitrogens with zero attached hydrogens (tertiary/aromatic N) is 3. The monoisotopic (exact) mass is 436 g/mol. The van der Waals surface area contributed by atoms with E-state index in [4.69, 9.17) is 0 Å². The van der Waals surface area contributed by atoms with Gasteiger partial charge in [-0.1, -0.05) is 74.0 Å². The Bertz CT molecular complexity index is 820. The van der Waals surface area contributed by atoms with E-state index in [1.807, 2.05) is 41.3 Å². The van der Waals surface area contributed by atoms with Gasteiger partial charge in [0.05, 0.1) is 0 Å². The minimum atomic E-state index is -0.0946. The van der Waals surface area contributed by atoms with Crippen LogP contribution in [0.5, 0.6) is 0 Å². The molecule has 3 amide bonds. The zero-order chi connectivity index (χ0) is 22.6. The molecule has 2 aromatic carbocycles. The van der Waals surface area contributed by atoms with E-state index in [2.05, 4.69) is 41.4 Å². The standard InChI is InChI=1S/C26H36N4O2/c1-2-3-15-30(26(32)27-21-23-10-6-4-7-11-23)16-14-25(31)29-19-17-28(18-20-29)22-24-12-8-5-9-13-24/h4-13H,2-3,14-22H2,1H3,(H,27,32). The summed E-state index contributed by atoms with van der Waals surface area (Å²) in [4.78, 5) is 31.6. The van der Waals surface area contributed by atoms with Crippen molar-refractivity contribution >= 4 is 11.9 Å². The second kappa shape index (κ2) is 12.9. The van der Waals surface area contributed by atoms with Crippen LogP contribution >= 0.6 is 0 Å². The van der Waals surface area contributed by atoms with Gasteiger partial charge in [-0.25, -0.2) is 4.79 Å². The fourth-order valence-electron chi connectivity index (χ4n) is 3.93. The van der Waals surface area contributed by atoms with Crippen molar-refractivity contribution in [2.45, 2.75) is 39.3 Å². The fourth-order valence-corrected chi connectivity index (χ4v) is 3.93. The molecule has 1 heterocycles. The minimum absolute atomic E-state index is 0.0946. The van der Waals surface area contributed by atoms with Gasteiger partial charge in [0, 0.05) is 58.8 Å². The van der Waals surface area contributed by atoms with Crippen LogP contribution in [-0.2, 0) is 17.9 Å². The number of unbranched alkanes of at least 4 members (excludes halogenated alkanes) is 1. The number of nitrogens with one attached hydrogen (secondary N) is 1. The van der Waals surface area contributed by atoms with Gasteiger partial charge in [-0.2, -0.15) is 0 Å². The molecular weight excluding hydrogens is 400 g/mol. The van der Waals surface area contributed by atoms with Gasteiger partial charge in [-0.15, -0.1) is 0 Å². The first kappa shape index (κ1) is 23.8. The Morgan fingerprint density at radius 1 is 0.875 bits per heavy atom. The van der Waals surface area contributed by atoms with Gasteiger partial charge < -0.3 is 15.1 Å². The maximum Gasteiger partial charge on any atom is 0.317 e. The van der Waals surface area contributed by atoms with E-state index >= 15 is 0 Å². The zero-order valence-corrected chi connectivity index (χ0v) is 19.2. The summed E-state index contributed by atoms with van der Waals surface area (Å²) in [6, 6.07) is 20.3. The summed E-state index contributed by atoms with van der Waals surface area (Å²) in [5, 5.41) is 3.00. The first-order chi connectivity index (χ1) is 15.7. The lowest BCUT2D eigenvalue weighted by Crippen LogP contribution is -2.49. The summed E-state index contributed by atoms with van der Waals surface area (Å²) in [6.45, 7) is 7.95. The first-order valence-corrected chi connectivity index (χ1v) is 11.8. The molecule has 1 N–H and O–H groups in total. The number of rotatable bonds is 10. The summed E-state index contributed by atoms with van der Waals surface area (Å²) >= 11 is 0. The van der Waals surface area contributed by atoms with Crippen LogP contribution in [0.4, 0.5) is 4.79 Å². The van der Waals surface area contributed by atoms with Crippen molar-refractivity contribution in [3.8, 4) is 0 Å². The molecular formula is C26H36N4O2. The molecule has 0 atom stereocenters. The van der Waals surface area contributed by atoms with Crippen LogP contribution in [0.1, 0.15) is 37.3 Å². The molecule has 2 aromatic rings. The van der Waals surface area contributed by atoms with Crippen molar-refractivity contribution in [2.24, 2.45) is 0 Å². The fraction of sp³-hybridized carbons (Fsp3) is 0.462. The van der Waals surface area contributed by atoms with E-state index in [0.717, 1.165) is 51.1 Å². The number of piperazine rings is 1. The van der Waals surface area contributed by atoms with Crippen LogP contribution in [-0.4, -0.2) is 65.9 Å². The van der Waals surface area contributed by atoms with Crippen LogP contribution < -0.4 is 5.32 Å². The smallest absolute Gasteiger partial charge is 0.317 e. The molecule has 0 radical (unpaired) electrons. The van der Waals surface area contributed by atoms with E-state index in [1.54, 1.807) is 4.90 Å². The van der Waals surface area contributed by atoms with E-state index in [-0.39, 0.29) is 11.9 Å². The number of amides is 3. The van der Waals surface area contributed by atoms with Crippen molar-refractivity contribution in [1.82, 2.24) is 20.0 Å². The molecule has 1 fully saturated rings. The lowest BCUT2D eigenvalue weighted by atomic mass is 10.2. The van der Waals surface area contributed by atoms with Crippen molar-refractivity contribution in [3.05, 3.63) is 71.8 Å². The van der Waals surface area contributed by atoms with E-state index in [1.165, 1.54) is 5.56 Å². The Morgan fingerprint density at radius 3 is 2.12 bits per heavy atom. The topological polar surface area (TPSA) is 55.9 Å². The first-order valence-electron chi connectivity index (χ1n) is 11.8. The number of urea groups is 1. The highest BCUT2D eigenvalue weighted by molar-refractivity contribution is 5.78. The van der Waals surface area contributed by atoms with E-state index in [0.29, 0.717) is 26.1 Å². The summed E-state index contributed by atoms with van der Waals surface area (Å²) in [7, 11) is 0. The number of carbonyl (C=O) groups excluding carboxylic acids is 2. The molecule has 0 aliphatic carbocycles. The largest absolute Gasteiger partial charge is 0.340 e. The molecule has 6 heteroatoms. The van der Waals surface area contributed by atoms with Gasteiger partial charge in [0.1, 0.15) is 0 Å². The summed E-state index contributed by atoms with van der Waals surface area (Å²) < 4.78 is 0. The van der Waals surface area contributed by atoms with Crippen molar-refractivity contribution in [3.63, 3.8) is 0 Å². The summed E-state index contributed by atoms with van der Waals surface area (Å²) in [5.41, 5.74) is 2.38. The normalized spacial score (nSPS) is 14.2. The maximum absolute atomic E-state index is 12.8. The molecule has 0 aromatic heterocycles. The SMILES string of the molecule is CCCCN(CCC(=O)N1CCN(Cc2ccccc2)CC1)C(=O)NCc1ccccc1. The van der Waals surface area contributed by atoms with Gasteiger partial charge in [0.15, 0.2) is 0 Å². The Kier molecular flexibility index (Phi) is 9.57. The van der Waals surface area contributed by atoms with Crippen molar-refractivity contribution in [1.29, 1.82) is 0 Å². The lowest BCUT2D eigenvalue weighted by molar-refractivity contribution is -0.133. The highest BCUT2D eigenvalue weighted by Crippen LogP contribution is 2.10. The minimum Gasteiger partial charge on any atom is -0.340 e. The predicted molar refractivity (Wildman–Crippen MR) is 128 cm³/mol. The Hall–Kier alpha value is -2.86. The third-order valence-corrected chi connectivity index (χ3v) is 5.92. The van der Waals surface area contributed by atoms with Crippen molar-refractivity contribution in [2.75, 3.05) is 39.3 Å². The summed E-state index contributed by atoms with van der Waals surface area (Å²) in [6.07, 6.45) is 2.33. The molecule has 0 unspecified atom stereocenters. The number of hydrogen-bond donors (Lipinski definition) is 1. The van der Waals surface area contributed by atoms with Crippen LogP contribution in [0.3, 0.4) is 0 Å². The molecule has 1 aliphatic heterocycles. The molecule has 172 valence electrons. The molecule has 0 bridgehead atoms. The van der Waals surface area contributed by atoms with Crippen LogP contribution in [0, 0.1) is 0 Å². The number of benzene rings is 2. The molecule has 1 saturated heterocycles. The molecule has 1 aliphatic rings. The van der Waals surface area contributed by atoms with Gasteiger partial charge >= 0.3 is 6.03 Å².